The minimum Gasteiger partial charge on any atom is -0.494 e. The van der Waals surface area contributed by atoms with Crippen molar-refractivity contribution in [1.29, 1.82) is 0 Å². The van der Waals surface area contributed by atoms with Crippen LogP contribution in [0.5, 0.6) is 5.75 Å². The highest BCUT2D eigenvalue weighted by Gasteiger charge is 2.34. The van der Waals surface area contributed by atoms with Crippen molar-refractivity contribution in [1.82, 2.24) is 10.2 Å². The van der Waals surface area contributed by atoms with Crippen molar-refractivity contribution in [2.75, 3.05) is 38.2 Å². The standard InChI is InChI=1S/C27H35F2N3O3/c1-2-34-23-6-3-5-22(16-23)30-27(33)31-25-7-4-14-35-26(25)18-32-13-12-20(24(29)17-32)15-19-8-10-21(28)11-9-19/h3,5-6,8-11,16,20,24-26H,2,4,7,12-15,17-18H2,1H3,(H2,30,31,33)/t20?,24?,25?,26-/m1/s1. The molecule has 2 aromatic carbocycles. The minimum atomic E-state index is -0.954. The van der Waals surface area contributed by atoms with E-state index in [9.17, 15) is 9.18 Å². The van der Waals surface area contributed by atoms with E-state index in [4.69, 9.17) is 9.47 Å². The number of benzene rings is 2. The number of alkyl halides is 1. The van der Waals surface area contributed by atoms with E-state index in [2.05, 4.69) is 15.5 Å². The summed E-state index contributed by atoms with van der Waals surface area (Å²) in [5.74, 6) is 0.354. The summed E-state index contributed by atoms with van der Waals surface area (Å²) in [6.07, 6.45) is 1.89. The van der Waals surface area contributed by atoms with Crippen LogP contribution in [0, 0.1) is 11.7 Å². The maximum absolute atomic E-state index is 15.0. The fourth-order valence-corrected chi connectivity index (χ4v) is 4.94. The zero-order valence-electron chi connectivity index (χ0n) is 20.2. The van der Waals surface area contributed by atoms with Crippen LogP contribution in [0.3, 0.4) is 0 Å². The van der Waals surface area contributed by atoms with Crippen LogP contribution in [0.25, 0.3) is 0 Å². The predicted molar refractivity (Wildman–Crippen MR) is 132 cm³/mol. The first-order valence-corrected chi connectivity index (χ1v) is 12.5. The molecule has 8 heteroatoms. The summed E-state index contributed by atoms with van der Waals surface area (Å²) in [6, 6.07) is 13.2. The van der Waals surface area contributed by atoms with Crippen LogP contribution in [0.1, 0.15) is 31.7 Å². The molecular weight excluding hydrogens is 452 g/mol. The van der Waals surface area contributed by atoms with Crippen molar-refractivity contribution < 1.29 is 23.0 Å². The Morgan fingerprint density at radius 3 is 2.80 bits per heavy atom. The number of halogens is 2. The number of piperidine rings is 1. The molecule has 2 N–H and O–H groups in total. The molecule has 35 heavy (non-hydrogen) atoms. The smallest absolute Gasteiger partial charge is 0.319 e. The van der Waals surface area contributed by atoms with Crippen molar-refractivity contribution in [3.63, 3.8) is 0 Å². The van der Waals surface area contributed by atoms with Crippen molar-refractivity contribution in [2.45, 2.75) is 50.9 Å². The highest BCUT2D eigenvalue weighted by Crippen LogP contribution is 2.26. The summed E-state index contributed by atoms with van der Waals surface area (Å²) in [4.78, 5) is 14.8. The van der Waals surface area contributed by atoms with Gasteiger partial charge in [-0.2, -0.15) is 0 Å². The van der Waals surface area contributed by atoms with Gasteiger partial charge in [-0.1, -0.05) is 18.2 Å². The van der Waals surface area contributed by atoms with Gasteiger partial charge in [0.2, 0.25) is 0 Å². The second-order valence-corrected chi connectivity index (χ2v) is 9.37. The summed E-state index contributed by atoms with van der Waals surface area (Å²) in [6.45, 7) is 4.80. The van der Waals surface area contributed by atoms with Crippen molar-refractivity contribution in [3.8, 4) is 5.75 Å². The number of hydrogen-bond donors (Lipinski definition) is 2. The van der Waals surface area contributed by atoms with E-state index >= 15 is 4.39 Å². The van der Waals surface area contributed by atoms with E-state index in [1.807, 2.05) is 25.1 Å². The largest absolute Gasteiger partial charge is 0.494 e. The van der Waals surface area contributed by atoms with Gasteiger partial charge in [-0.3, -0.25) is 4.90 Å². The number of nitrogens with one attached hydrogen (secondary N) is 2. The summed E-state index contributed by atoms with van der Waals surface area (Å²) in [7, 11) is 0. The molecule has 0 radical (unpaired) electrons. The quantitative estimate of drug-likeness (QED) is 0.562. The maximum Gasteiger partial charge on any atom is 0.319 e. The van der Waals surface area contributed by atoms with E-state index in [1.54, 1.807) is 18.2 Å². The van der Waals surface area contributed by atoms with Crippen LogP contribution in [-0.4, -0.2) is 62.1 Å². The Hall–Kier alpha value is -2.71. The number of amides is 2. The molecule has 3 unspecified atom stereocenters. The summed E-state index contributed by atoms with van der Waals surface area (Å²) in [5.41, 5.74) is 1.62. The average Bonchev–Trinajstić information content (AvgIpc) is 2.84. The Labute approximate surface area is 206 Å². The number of anilines is 1. The van der Waals surface area contributed by atoms with Gasteiger partial charge in [-0.05, 0) is 74.9 Å². The fourth-order valence-electron chi connectivity index (χ4n) is 4.94. The zero-order valence-corrected chi connectivity index (χ0v) is 20.2. The molecule has 0 bridgehead atoms. The number of nitrogens with zero attached hydrogens (tertiary/aromatic N) is 1. The maximum atomic E-state index is 15.0. The Morgan fingerprint density at radius 1 is 1.20 bits per heavy atom. The lowest BCUT2D eigenvalue weighted by Crippen LogP contribution is -2.54. The van der Waals surface area contributed by atoms with Crippen molar-refractivity contribution in [2.24, 2.45) is 5.92 Å². The molecule has 2 aliphatic rings. The predicted octanol–water partition coefficient (Wildman–Crippen LogP) is 4.80. The zero-order chi connectivity index (χ0) is 24.6. The molecule has 2 saturated heterocycles. The van der Waals surface area contributed by atoms with E-state index in [0.29, 0.717) is 44.2 Å². The topological polar surface area (TPSA) is 62.8 Å². The third kappa shape index (κ3) is 7.39. The number of carbonyl (C=O) groups is 1. The first-order chi connectivity index (χ1) is 17.0. The molecule has 4 atom stereocenters. The van der Waals surface area contributed by atoms with Gasteiger partial charge in [0.05, 0.1) is 18.8 Å². The molecular formula is C27H35F2N3O3. The molecule has 0 aromatic heterocycles. The van der Waals surface area contributed by atoms with Crippen LogP contribution in [-0.2, 0) is 11.2 Å². The van der Waals surface area contributed by atoms with Gasteiger partial charge in [-0.25, -0.2) is 13.6 Å². The van der Waals surface area contributed by atoms with Gasteiger partial charge in [0.25, 0.3) is 0 Å². The van der Waals surface area contributed by atoms with Gasteiger partial charge in [0, 0.05) is 31.5 Å². The third-order valence-electron chi connectivity index (χ3n) is 6.77. The van der Waals surface area contributed by atoms with E-state index in [-0.39, 0.29) is 29.9 Å². The van der Waals surface area contributed by atoms with Crippen molar-refractivity contribution in [3.05, 3.63) is 59.9 Å². The number of rotatable bonds is 8. The molecule has 2 fully saturated rings. The molecule has 2 aliphatic heterocycles. The summed E-state index contributed by atoms with van der Waals surface area (Å²) < 4.78 is 39.7. The lowest BCUT2D eigenvalue weighted by atomic mass is 9.88. The number of likely N-dealkylation sites (tertiary alicyclic amines) is 1. The first-order valence-electron chi connectivity index (χ1n) is 12.5. The number of carbonyl (C=O) groups excluding carboxylic acids is 1. The first kappa shape index (κ1) is 25.4. The minimum absolute atomic E-state index is 0.0730. The molecule has 0 saturated carbocycles. The van der Waals surface area contributed by atoms with E-state index in [0.717, 1.165) is 31.4 Å². The lowest BCUT2D eigenvalue weighted by Gasteiger charge is -2.39. The summed E-state index contributed by atoms with van der Waals surface area (Å²) >= 11 is 0. The Morgan fingerprint density at radius 2 is 2.03 bits per heavy atom. The summed E-state index contributed by atoms with van der Waals surface area (Å²) in [5, 5.41) is 5.92. The SMILES string of the molecule is CCOc1cccc(NC(=O)NC2CCCO[C@@H]2CN2CCC(Cc3ccc(F)cc3)C(F)C2)c1. The second kappa shape index (κ2) is 12.3. The van der Waals surface area contributed by atoms with Crippen LogP contribution in [0.2, 0.25) is 0 Å². The second-order valence-electron chi connectivity index (χ2n) is 9.37. The van der Waals surface area contributed by atoms with Gasteiger partial charge in [0.15, 0.2) is 0 Å². The van der Waals surface area contributed by atoms with Crippen LogP contribution < -0.4 is 15.4 Å². The van der Waals surface area contributed by atoms with E-state index < -0.39 is 6.17 Å². The molecule has 6 nitrogen and oxygen atoms in total. The average molecular weight is 488 g/mol. The van der Waals surface area contributed by atoms with E-state index in [1.165, 1.54) is 12.1 Å². The lowest BCUT2D eigenvalue weighted by molar-refractivity contribution is -0.0370. The Kier molecular flexibility index (Phi) is 8.93. The molecule has 4 rings (SSSR count). The number of hydrogen-bond acceptors (Lipinski definition) is 4. The normalized spacial score (nSPS) is 25.1. The molecule has 0 spiro atoms. The molecule has 190 valence electrons. The monoisotopic (exact) mass is 487 g/mol. The Bertz CT molecular complexity index is 959. The van der Waals surface area contributed by atoms with Gasteiger partial charge in [0.1, 0.15) is 17.7 Å². The highest BCUT2D eigenvalue weighted by atomic mass is 19.1. The van der Waals surface area contributed by atoms with Gasteiger partial charge in [-0.15, -0.1) is 0 Å². The third-order valence-corrected chi connectivity index (χ3v) is 6.77. The van der Waals surface area contributed by atoms with Crippen molar-refractivity contribution >= 4 is 11.7 Å². The molecule has 2 aromatic rings. The molecule has 2 heterocycles. The van der Waals surface area contributed by atoms with Crippen LogP contribution >= 0.6 is 0 Å². The van der Waals surface area contributed by atoms with Crippen LogP contribution in [0.4, 0.5) is 19.3 Å². The molecule has 2 amide bonds. The number of ether oxygens (including phenoxy) is 2. The van der Waals surface area contributed by atoms with Gasteiger partial charge < -0.3 is 20.1 Å². The van der Waals surface area contributed by atoms with Gasteiger partial charge >= 0.3 is 6.03 Å². The molecule has 0 aliphatic carbocycles. The number of urea groups is 1. The van der Waals surface area contributed by atoms with Crippen LogP contribution in [0.15, 0.2) is 48.5 Å². The fraction of sp³-hybridized carbons (Fsp3) is 0.519. The highest BCUT2D eigenvalue weighted by molar-refractivity contribution is 5.89. The Balaban J connectivity index is 1.27.